The maximum Gasteiger partial charge on any atom is 0.304 e. The third kappa shape index (κ3) is 2.90. The zero-order valence-corrected chi connectivity index (χ0v) is 8.80. The number of hydrogen-bond donors (Lipinski definition) is 1. The second-order valence-corrected chi connectivity index (χ2v) is 3.45. The first-order valence-corrected chi connectivity index (χ1v) is 4.83. The number of carbonyl (C=O) groups excluding carboxylic acids is 1. The number of rotatable bonds is 5. The first-order valence-electron chi connectivity index (χ1n) is 4.83. The van der Waals surface area contributed by atoms with Gasteiger partial charge < -0.3 is 5.11 Å². The number of hydrogen-bond acceptors (Lipinski definition) is 3. The molecule has 5 heteroatoms. The van der Waals surface area contributed by atoms with Gasteiger partial charge in [-0.3, -0.25) is 14.3 Å². The molecule has 82 valence electrons. The largest absolute Gasteiger partial charge is 0.481 e. The number of Topliss-reactive ketones (excluding diaryl/α,β-unsaturated/α-hetero) is 1. The lowest BCUT2D eigenvalue weighted by atomic mass is 9.99. The van der Waals surface area contributed by atoms with Gasteiger partial charge in [0.05, 0.1) is 18.2 Å². The minimum Gasteiger partial charge on any atom is -0.481 e. The molecule has 0 saturated heterocycles. The highest BCUT2D eigenvalue weighted by molar-refractivity contribution is 5.98. The van der Waals surface area contributed by atoms with Crippen molar-refractivity contribution in [3.63, 3.8) is 0 Å². The highest BCUT2D eigenvalue weighted by atomic mass is 16.4. The molecule has 1 aromatic rings. The van der Waals surface area contributed by atoms with Crippen LogP contribution in [0.4, 0.5) is 0 Å². The molecule has 0 amide bonds. The Morgan fingerprint density at radius 3 is 2.73 bits per heavy atom. The van der Waals surface area contributed by atoms with Crippen molar-refractivity contribution in [2.75, 3.05) is 0 Å². The van der Waals surface area contributed by atoms with E-state index in [9.17, 15) is 9.59 Å². The molecule has 0 spiro atoms. The SMILES string of the molecule is CCn1cc(C(=O)C(C)CC(=O)O)cn1. The molecule has 1 atom stereocenters. The second-order valence-electron chi connectivity index (χ2n) is 3.45. The van der Waals surface area contributed by atoms with E-state index in [0.29, 0.717) is 12.1 Å². The van der Waals surface area contributed by atoms with Crippen LogP contribution in [-0.2, 0) is 11.3 Å². The van der Waals surface area contributed by atoms with Gasteiger partial charge in [-0.1, -0.05) is 6.92 Å². The lowest BCUT2D eigenvalue weighted by Gasteiger charge is -2.04. The van der Waals surface area contributed by atoms with Gasteiger partial charge in [0.1, 0.15) is 0 Å². The normalized spacial score (nSPS) is 12.4. The van der Waals surface area contributed by atoms with E-state index in [-0.39, 0.29) is 12.2 Å². The van der Waals surface area contributed by atoms with Crippen molar-refractivity contribution in [1.82, 2.24) is 9.78 Å². The minimum atomic E-state index is -0.960. The summed E-state index contributed by atoms with van der Waals surface area (Å²) in [7, 11) is 0. The third-order valence-corrected chi connectivity index (χ3v) is 2.17. The van der Waals surface area contributed by atoms with E-state index in [2.05, 4.69) is 5.10 Å². The summed E-state index contributed by atoms with van der Waals surface area (Å²) in [5.41, 5.74) is 0.477. The number of nitrogens with zero attached hydrogens (tertiary/aromatic N) is 2. The summed E-state index contributed by atoms with van der Waals surface area (Å²) in [5, 5.41) is 12.5. The topological polar surface area (TPSA) is 72.2 Å². The molecule has 1 N–H and O–H groups in total. The fraction of sp³-hybridized carbons (Fsp3) is 0.500. The van der Waals surface area contributed by atoms with Crippen molar-refractivity contribution in [2.24, 2.45) is 5.92 Å². The van der Waals surface area contributed by atoms with Gasteiger partial charge in [0.2, 0.25) is 0 Å². The quantitative estimate of drug-likeness (QED) is 0.741. The van der Waals surface area contributed by atoms with E-state index in [0.717, 1.165) is 0 Å². The van der Waals surface area contributed by atoms with Crippen molar-refractivity contribution >= 4 is 11.8 Å². The van der Waals surface area contributed by atoms with Gasteiger partial charge in [-0.25, -0.2) is 0 Å². The van der Waals surface area contributed by atoms with Crippen molar-refractivity contribution in [3.8, 4) is 0 Å². The number of aromatic nitrogens is 2. The molecular formula is C10H14N2O3. The number of carboxylic acid groups (broad SMARTS) is 1. The minimum absolute atomic E-state index is 0.143. The summed E-state index contributed by atoms with van der Waals surface area (Å²) in [5.74, 6) is -1.63. The van der Waals surface area contributed by atoms with Crippen LogP contribution in [0.3, 0.4) is 0 Å². The Bertz CT molecular complexity index is 370. The van der Waals surface area contributed by atoms with Crippen LogP contribution in [-0.4, -0.2) is 26.6 Å². The molecule has 15 heavy (non-hydrogen) atoms. The maximum absolute atomic E-state index is 11.7. The summed E-state index contributed by atoms with van der Waals surface area (Å²) in [6, 6.07) is 0. The van der Waals surface area contributed by atoms with Gasteiger partial charge in [-0.15, -0.1) is 0 Å². The summed E-state index contributed by atoms with van der Waals surface area (Å²) in [6.07, 6.45) is 2.97. The van der Waals surface area contributed by atoms with Crippen LogP contribution < -0.4 is 0 Å². The first kappa shape index (κ1) is 11.4. The summed E-state index contributed by atoms with van der Waals surface area (Å²) >= 11 is 0. The molecule has 0 saturated carbocycles. The van der Waals surface area contributed by atoms with Crippen LogP contribution in [0.15, 0.2) is 12.4 Å². The van der Waals surface area contributed by atoms with Crippen LogP contribution in [0.25, 0.3) is 0 Å². The molecule has 1 rings (SSSR count). The maximum atomic E-state index is 11.7. The molecule has 0 aliphatic carbocycles. The first-order chi connectivity index (χ1) is 7.04. The van der Waals surface area contributed by atoms with Gasteiger partial charge >= 0.3 is 5.97 Å². The number of carbonyl (C=O) groups is 2. The summed E-state index contributed by atoms with van der Waals surface area (Å²) < 4.78 is 1.64. The fourth-order valence-electron chi connectivity index (χ4n) is 1.30. The third-order valence-electron chi connectivity index (χ3n) is 2.17. The lowest BCUT2D eigenvalue weighted by molar-refractivity contribution is -0.137. The molecular weight excluding hydrogens is 196 g/mol. The Balaban J connectivity index is 2.71. The van der Waals surface area contributed by atoms with E-state index in [1.807, 2.05) is 6.92 Å². The Hall–Kier alpha value is -1.65. The Kier molecular flexibility index (Phi) is 3.60. The van der Waals surface area contributed by atoms with Gasteiger partial charge in [0.15, 0.2) is 5.78 Å². The van der Waals surface area contributed by atoms with E-state index in [4.69, 9.17) is 5.11 Å². The van der Waals surface area contributed by atoms with Gasteiger partial charge in [-0.2, -0.15) is 5.10 Å². The number of ketones is 1. The standard InChI is InChI=1S/C10H14N2O3/c1-3-12-6-8(5-11-12)10(15)7(2)4-9(13)14/h5-7H,3-4H2,1-2H3,(H,13,14). The van der Waals surface area contributed by atoms with Crippen LogP contribution in [0.1, 0.15) is 30.6 Å². The fourth-order valence-corrected chi connectivity index (χ4v) is 1.30. The Labute approximate surface area is 87.7 Å². The van der Waals surface area contributed by atoms with Crippen molar-refractivity contribution in [3.05, 3.63) is 18.0 Å². The zero-order valence-electron chi connectivity index (χ0n) is 8.80. The Morgan fingerprint density at radius 1 is 1.60 bits per heavy atom. The molecule has 0 aliphatic rings. The molecule has 1 aromatic heterocycles. The predicted octanol–water partition coefficient (Wildman–Crippen LogP) is 1.20. The summed E-state index contributed by atoms with van der Waals surface area (Å²) in [4.78, 5) is 22.1. The second kappa shape index (κ2) is 4.72. The zero-order chi connectivity index (χ0) is 11.4. The van der Waals surface area contributed by atoms with Crippen LogP contribution in [0, 0.1) is 5.92 Å². The number of carboxylic acids is 1. The molecule has 0 aliphatic heterocycles. The molecule has 0 aromatic carbocycles. The van der Waals surface area contributed by atoms with E-state index < -0.39 is 11.9 Å². The summed E-state index contributed by atoms with van der Waals surface area (Å²) in [6.45, 7) is 4.22. The van der Waals surface area contributed by atoms with Crippen molar-refractivity contribution in [1.29, 1.82) is 0 Å². The molecule has 0 bridgehead atoms. The lowest BCUT2D eigenvalue weighted by Crippen LogP contribution is -2.14. The highest BCUT2D eigenvalue weighted by Gasteiger charge is 2.19. The molecule has 1 unspecified atom stereocenters. The smallest absolute Gasteiger partial charge is 0.304 e. The number of aryl methyl sites for hydroxylation is 1. The molecule has 1 heterocycles. The molecule has 0 radical (unpaired) electrons. The molecule has 0 fully saturated rings. The van der Waals surface area contributed by atoms with Crippen LogP contribution in [0.5, 0.6) is 0 Å². The van der Waals surface area contributed by atoms with Gasteiger partial charge in [-0.05, 0) is 6.92 Å². The van der Waals surface area contributed by atoms with Crippen molar-refractivity contribution < 1.29 is 14.7 Å². The average Bonchev–Trinajstić information content (AvgIpc) is 2.63. The van der Waals surface area contributed by atoms with Gasteiger partial charge in [0, 0.05) is 18.7 Å². The van der Waals surface area contributed by atoms with E-state index >= 15 is 0 Å². The Morgan fingerprint density at radius 2 is 2.27 bits per heavy atom. The predicted molar refractivity (Wildman–Crippen MR) is 53.6 cm³/mol. The highest BCUT2D eigenvalue weighted by Crippen LogP contribution is 2.11. The van der Waals surface area contributed by atoms with Gasteiger partial charge in [0.25, 0.3) is 0 Å². The number of aliphatic carboxylic acids is 1. The average molecular weight is 210 g/mol. The van der Waals surface area contributed by atoms with Crippen LogP contribution in [0.2, 0.25) is 0 Å². The van der Waals surface area contributed by atoms with E-state index in [1.54, 1.807) is 17.8 Å². The van der Waals surface area contributed by atoms with Crippen molar-refractivity contribution in [2.45, 2.75) is 26.8 Å². The monoisotopic (exact) mass is 210 g/mol. The molecule has 5 nitrogen and oxygen atoms in total. The van der Waals surface area contributed by atoms with Crippen LogP contribution >= 0.6 is 0 Å². The van der Waals surface area contributed by atoms with E-state index in [1.165, 1.54) is 6.20 Å².